The minimum absolute atomic E-state index is 0.0968. The smallest absolute Gasteiger partial charge is 0.239 e. The lowest BCUT2D eigenvalue weighted by Gasteiger charge is -2.23. The van der Waals surface area contributed by atoms with Crippen LogP contribution in [0, 0.1) is 0 Å². The molecule has 0 aliphatic carbocycles. The molecule has 0 heterocycles. The van der Waals surface area contributed by atoms with Gasteiger partial charge in [-0.15, -0.1) is 0 Å². The summed E-state index contributed by atoms with van der Waals surface area (Å²) in [5.74, 6) is -1.56. The maximum absolute atomic E-state index is 12.2. The highest BCUT2D eigenvalue weighted by molar-refractivity contribution is 6.20. The van der Waals surface area contributed by atoms with Gasteiger partial charge in [-0.25, -0.2) is 0 Å². The minimum Gasteiger partial charge on any atom is -0.368 e. The zero-order valence-electron chi connectivity index (χ0n) is 18.8. The van der Waals surface area contributed by atoms with Crippen molar-refractivity contribution in [3.63, 3.8) is 0 Å². The quantitative estimate of drug-likeness (QED) is 0.133. The van der Waals surface area contributed by atoms with Crippen LogP contribution in [0.25, 0.3) is 0 Å². The van der Waals surface area contributed by atoms with Gasteiger partial charge in [-0.3, -0.25) is 24.0 Å². The number of primary amides is 1. The number of nitrogens with one attached hydrogen (secondary N) is 2. The molecule has 0 aromatic rings. The average molecular weight is 438 g/mol. The molecule has 0 aliphatic rings. The average Bonchev–Trinajstić information content (AvgIpc) is 2.73. The molecule has 0 saturated carbocycles. The second-order valence-corrected chi connectivity index (χ2v) is 7.10. The number of rotatable bonds is 17. The summed E-state index contributed by atoms with van der Waals surface area (Å²) < 4.78 is 0. The zero-order valence-corrected chi connectivity index (χ0v) is 18.8. The molecule has 0 rings (SSSR count). The van der Waals surface area contributed by atoms with Gasteiger partial charge in [0.25, 0.3) is 0 Å². The van der Waals surface area contributed by atoms with Gasteiger partial charge in [0.1, 0.15) is 15.7 Å². The van der Waals surface area contributed by atoms with Crippen LogP contribution in [0.1, 0.15) is 25.7 Å². The summed E-state index contributed by atoms with van der Waals surface area (Å²) in [6.07, 6.45) is 3.40. The number of unbranched alkanes of at least 4 members (excludes halogenated alkanes) is 2. The van der Waals surface area contributed by atoms with E-state index in [0.29, 0.717) is 13.0 Å². The largest absolute Gasteiger partial charge is 0.368 e. The van der Waals surface area contributed by atoms with E-state index in [0.717, 1.165) is 19.3 Å². The van der Waals surface area contributed by atoms with Gasteiger partial charge in [-0.2, -0.15) is 0 Å². The van der Waals surface area contributed by atoms with E-state index in [1.54, 1.807) is 15.7 Å². The van der Waals surface area contributed by atoms with Crippen LogP contribution in [-0.4, -0.2) is 101 Å². The van der Waals surface area contributed by atoms with E-state index in [1.165, 1.54) is 9.80 Å². The molecule has 0 saturated heterocycles. The van der Waals surface area contributed by atoms with Gasteiger partial charge >= 0.3 is 0 Å². The molecule has 31 heavy (non-hydrogen) atoms. The lowest BCUT2D eigenvalue weighted by Crippen LogP contribution is -2.46. The van der Waals surface area contributed by atoms with Crippen molar-refractivity contribution in [2.45, 2.75) is 38.3 Å². The molecule has 0 atom stereocenters. The van der Waals surface area contributed by atoms with Crippen molar-refractivity contribution in [1.29, 1.82) is 0 Å². The first kappa shape index (κ1) is 28.4. The molecule has 0 fully saturated rings. The highest BCUT2D eigenvalue weighted by atomic mass is 16.2. The fraction of sp³-hybridized carbons (Fsp3) is 0.722. The van der Waals surface area contributed by atoms with Gasteiger partial charge in [-0.1, -0.05) is 6.42 Å². The van der Waals surface area contributed by atoms with Gasteiger partial charge < -0.3 is 31.9 Å². The SMILES string of the molecule is BCC(=O)N(CCNC(=O)CN(CCNC(=O)CCCCCN)C(=O)CB)CC(N)=O. The summed E-state index contributed by atoms with van der Waals surface area (Å²) in [7, 11) is 3.36. The molecule has 11 nitrogen and oxygen atoms in total. The molecular formula is C18H36B2N6O5. The topological polar surface area (TPSA) is 168 Å². The molecule has 0 spiro atoms. The Kier molecular flexibility index (Phi) is 15.7. The summed E-state index contributed by atoms with van der Waals surface area (Å²) in [5.41, 5.74) is 10.6. The van der Waals surface area contributed by atoms with Crippen LogP contribution in [0.2, 0.25) is 12.6 Å². The van der Waals surface area contributed by atoms with Gasteiger partial charge in [-0.05, 0) is 32.0 Å². The third kappa shape index (κ3) is 14.1. The Balaban J connectivity index is 4.43. The minimum atomic E-state index is -0.630. The van der Waals surface area contributed by atoms with E-state index in [9.17, 15) is 24.0 Å². The van der Waals surface area contributed by atoms with Crippen molar-refractivity contribution in [2.24, 2.45) is 11.5 Å². The lowest BCUT2D eigenvalue weighted by molar-refractivity contribution is -0.135. The molecular weight excluding hydrogens is 402 g/mol. The Morgan fingerprint density at radius 1 is 0.742 bits per heavy atom. The van der Waals surface area contributed by atoms with Gasteiger partial charge in [0.2, 0.25) is 29.5 Å². The van der Waals surface area contributed by atoms with Crippen molar-refractivity contribution < 1.29 is 24.0 Å². The lowest BCUT2D eigenvalue weighted by atomic mass is 10.0. The van der Waals surface area contributed by atoms with Crippen molar-refractivity contribution in [2.75, 3.05) is 45.8 Å². The highest BCUT2D eigenvalue weighted by Crippen LogP contribution is 1.99. The predicted octanol–water partition coefficient (Wildman–Crippen LogP) is -4.02. The second kappa shape index (κ2) is 17.2. The van der Waals surface area contributed by atoms with E-state index in [-0.39, 0.29) is 69.6 Å². The molecule has 13 heteroatoms. The van der Waals surface area contributed by atoms with Crippen LogP contribution in [-0.2, 0) is 24.0 Å². The number of carbonyl (C=O) groups excluding carboxylic acids is 5. The Labute approximate surface area is 185 Å². The normalized spacial score (nSPS) is 10.2. The first-order valence-corrected chi connectivity index (χ1v) is 10.8. The van der Waals surface area contributed by atoms with E-state index in [1.807, 2.05) is 0 Å². The van der Waals surface area contributed by atoms with Crippen LogP contribution < -0.4 is 22.1 Å². The number of amides is 5. The molecule has 0 aromatic heterocycles. The molecule has 6 N–H and O–H groups in total. The highest BCUT2D eigenvalue weighted by Gasteiger charge is 2.17. The number of carbonyl (C=O) groups is 5. The maximum atomic E-state index is 12.2. The first-order valence-electron chi connectivity index (χ1n) is 10.8. The van der Waals surface area contributed by atoms with E-state index >= 15 is 0 Å². The van der Waals surface area contributed by atoms with Crippen LogP contribution >= 0.6 is 0 Å². The van der Waals surface area contributed by atoms with Crippen molar-refractivity contribution in [3.8, 4) is 0 Å². The van der Waals surface area contributed by atoms with E-state index in [4.69, 9.17) is 11.5 Å². The molecule has 0 bridgehead atoms. The van der Waals surface area contributed by atoms with Crippen LogP contribution in [0.4, 0.5) is 0 Å². The fourth-order valence-corrected chi connectivity index (χ4v) is 2.80. The number of hydrogen-bond donors (Lipinski definition) is 4. The monoisotopic (exact) mass is 438 g/mol. The molecule has 0 aliphatic heterocycles. The summed E-state index contributed by atoms with van der Waals surface area (Å²) in [6.45, 7) is 0.985. The third-order valence-electron chi connectivity index (χ3n) is 4.51. The number of hydrogen-bond acceptors (Lipinski definition) is 6. The summed E-state index contributed by atoms with van der Waals surface area (Å²) in [5, 5.41) is 5.39. The maximum Gasteiger partial charge on any atom is 0.239 e. The van der Waals surface area contributed by atoms with Crippen LogP contribution in [0.15, 0.2) is 0 Å². The summed E-state index contributed by atoms with van der Waals surface area (Å²) >= 11 is 0. The third-order valence-corrected chi connectivity index (χ3v) is 4.51. The number of nitrogens with two attached hydrogens (primary N) is 2. The number of nitrogens with zero attached hydrogens (tertiary/aromatic N) is 2. The van der Waals surface area contributed by atoms with Crippen molar-refractivity contribution >= 4 is 45.2 Å². The Morgan fingerprint density at radius 2 is 1.26 bits per heavy atom. The molecule has 5 amide bonds. The molecule has 0 aromatic carbocycles. The summed E-state index contributed by atoms with van der Waals surface area (Å²) in [6, 6.07) is 0. The Hall–Kier alpha value is -2.56. The van der Waals surface area contributed by atoms with Crippen molar-refractivity contribution in [3.05, 3.63) is 0 Å². The van der Waals surface area contributed by atoms with Crippen LogP contribution in [0.3, 0.4) is 0 Å². The van der Waals surface area contributed by atoms with Gasteiger partial charge in [0.05, 0.1) is 13.1 Å². The van der Waals surface area contributed by atoms with E-state index in [2.05, 4.69) is 10.6 Å². The van der Waals surface area contributed by atoms with Crippen LogP contribution in [0.5, 0.6) is 0 Å². The first-order chi connectivity index (χ1) is 14.7. The van der Waals surface area contributed by atoms with E-state index < -0.39 is 11.8 Å². The van der Waals surface area contributed by atoms with Gasteiger partial charge in [0.15, 0.2) is 0 Å². The summed E-state index contributed by atoms with van der Waals surface area (Å²) in [4.78, 5) is 61.7. The van der Waals surface area contributed by atoms with Gasteiger partial charge in [0, 0.05) is 32.6 Å². The zero-order chi connectivity index (χ0) is 23.6. The standard InChI is InChI=1S/C18H36B2N6O5/c19-10-17(30)25(12-14(22)27)8-7-24-16(29)13-26(18(31)11-20)9-6-23-15(28)4-2-1-3-5-21/h1-13,19-21H2,(H2,22,27)(H,23,28)(H,24,29). The second-order valence-electron chi connectivity index (χ2n) is 7.10. The fourth-order valence-electron chi connectivity index (χ4n) is 2.80. The molecule has 0 radical (unpaired) electrons. The molecule has 0 unspecified atom stereocenters. The predicted molar refractivity (Wildman–Crippen MR) is 123 cm³/mol. The Bertz CT molecular complexity index is 608. The molecule has 174 valence electrons. The van der Waals surface area contributed by atoms with Crippen molar-refractivity contribution in [1.82, 2.24) is 20.4 Å². The Morgan fingerprint density at radius 3 is 1.74 bits per heavy atom.